The molecule has 5 heteroatoms. The number of hydrogen-bond acceptors (Lipinski definition) is 5. The largest absolute Gasteiger partial charge is 0.339 e. The minimum Gasteiger partial charge on any atom is -0.339 e. The zero-order valence-corrected chi connectivity index (χ0v) is 9.84. The molecule has 2 aromatic rings. The van der Waals surface area contributed by atoms with Crippen molar-refractivity contribution in [2.24, 2.45) is 11.7 Å². The first kappa shape index (κ1) is 11.7. The van der Waals surface area contributed by atoms with Crippen molar-refractivity contribution in [1.82, 2.24) is 15.1 Å². The van der Waals surface area contributed by atoms with E-state index in [-0.39, 0.29) is 0 Å². The molecule has 0 aliphatic heterocycles. The van der Waals surface area contributed by atoms with Crippen LogP contribution in [-0.2, 0) is 6.42 Å². The number of hydrogen-bond donors (Lipinski definition) is 1. The molecule has 2 rings (SSSR count). The summed E-state index contributed by atoms with van der Waals surface area (Å²) in [4.78, 5) is 8.35. The zero-order chi connectivity index (χ0) is 12.1. The average Bonchev–Trinajstić information content (AvgIpc) is 2.86. The fraction of sp³-hybridized carbons (Fsp3) is 0.417. The highest BCUT2D eigenvalue weighted by atomic mass is 16.5. The minimum absolute atomic E-state index is 0.476. The normalized spacial score (nSPS) is 12.6. The molecule has 2 heterocycles. The van der Waals surface area contributed by atoms with Crippen molar-refractivity contribution in [3.63, 3.8) is 0 Å². The van der Waals surface area contributed by atoms with Gasteiger partial charge >= 0.3 is 0 Å². The van der Waals surface area contributed by atoms with Gasteiger partial charge in [0.25, 0.3) is 0 Å². The Morgan fingerprint density at radius 2 is 2.35 bits per heavy atom. The molecule has 1 unspecified atom stereocenters. The molecule has 0 fully saturated rings. The van der Waals surface area contributed by atoms with Crippen LogP contribution in [0.4, 0.5) is 0 Å². The quantitative estimate of drug-likeness (QED) is 0.848. The van der Waals surface area contributed by atoms with E-state index in [0.717, 1.165) is 18.4 Å². The van der Waals surface area contributed by atoms with E-state index < -0.39 is 0 Å². The molecule has 0 aromatic carbocycles. The summed E-state index contributed by atoms with van der Waals surface area (Å²) in [5.74, 6) is 1.72. The van der Waals surface area contributed by atoms with E-state index in [1.54, 1.807) is 12.4 Å². The number of rotatable bonds is 5. The van der Waals surface area contributed by atoms with Crippen molar-refractivity contribution >= 4 is 0 Å². The summed E-state index contributed by atoms with van der Waals surface area (Å²) in [6.45, 7) is 2.79. The lowest BCUT2D eigenvalue weighted by molar-refractivity contribution is 0.366. The van der Waals surface area contributed by atoms with Crippen LogP contribution in [0.3, 0.4) is 0 Å². The van der Waals surface area contributed by atoms with E-state index in [0.29, 0.717) is 24.2 Å². The first-order chi connectivity index (χ1) is 8.29. The molecule has 0 aliphatic rings. The van der Waals surface area contributed by atoms with Gasteiger partial charge in [-0.15, -0.1) is 0 Å². The number of pyridine rings is 1. The Hall–Kier alpha value is -1.75. The van der Waals surface area contributed by atoms with Crippen LogP contribution in [-0.4, -0.2) is 21.7 Å². The van der Waals surface area contributed by atoms with E-state index in [4.69, 9.17) is 10.3 Å². The van der Waals surface area contributed by atoms with Crippen molar-refractivity contribution in [3.05, 3.63) is 30.4 Å². The van der Waals surface area contributed by atoms with Crippen LogP contribution >= 0.6 is 0 Å². The fourth-order valence-corrected chi connectivity index (χ4v) is 1.46. The van der Waals surface area contributed by atoms with Gasteiger partial charge in [-0.05, 0) is 31.0 Å². The minimum atomic E-state index is 0.476. The second-order valence-corrected chi connectivity index (χ2v) is 4.13. The Bertz CT molecular complexity index is 455. The molecule has 5 nitrogen and oxygen atoms in total. The molecule has 90 valence electrons. The summed E-state index contributed by atoms with van der Waals surface area (Å²) in [7, 11) is 0. The third kappa shape index (κ3) is 3.10. The second kappa shape index (κ2) is 5.54. The second-order valence-electron chi connectivity index (χ2n) is 4.13. The Balaban J connectivity index is 2.01. The van der Waals surface area contributed by atoms with Crippen LogP contribution in [0.15, 0.2) is 29.0 Å². The number of nitrogens with zero attached hydrogens (tertiary/aromatic N) is 3. The average molecular weight is 232 g/mol. The number of aryl methyl sites for hydroxylation is 1. The molecule has 0 spiro atoms. The zero-order valence-electron chi connectivity index (χ0n) is 9.84. The van der Waals surface area contributed by atoms with Crippen molar-refractivity contribution in [2.75, 3.05) is 6.54 Å². The molecule has 0 bridgehead atoms. The van der Waals surface area contributed by atoms with Gasteiger partial charge in [-0.2, -0.15) is 4.98 Å². The smallest absolute Gasteiger partial charge is 0.226 e. The van der Waals surface area contributed by atoms with Gasteiger partial charge in [-0.3, -0.25) is 4.98 Å². The van der Waals surface area contributed by atoms with Crippen molar-refractivity contribution in [2.45, 2.75) is 19.8 Å². The molecule has 0 amide bonds. The summed E-state index contributed by atoms with van der Waals surface area (Å²) in [5, 5.41) is 3.93. The summed E-state index contributed by atoms with van der Waals surface area (Å²) < 4.78 is 5.18. The maximum absolute atomic E-state index is 5.56. The number of aromatic nitrogens is 3. The fourth-order valence-electron chi connectivity index (χ4n) is 1.46. The first-order valence-electron chi connectivity index (χ1n) is 5.72. The Labute approximate surface area is 100 Å². The van der Waals surface area contributed by atoms with Crippen molar-refractivity contribution in [1.29, 1.82) is 0 Å². The maximum Gasteiger partial charge on any atom is 0.226 e. The van der Waals surface area contributed by atoms with Gasteiger partial charge in [0, 0.05) is 24.4 Å². The Kier molecular flexibility index (Phi) is 3.82. The lowest BCUT2D eigenvalue weighted by Gasteiger charge is -2.03. The molecule has 0 saturated heterocycles. The van der Waals surface area contributed by atoms with Crippen LogP contribution < -0.4 is 5.73 Å². The van der Waals surface area contributed by atoms with E-state index in [9.17, 15) is 0 Å². The van der Waals surface area contributed by atoms with Gasteiger partial charge < -0.3 is 10.3 Å². The van der Waals surface area contributed by atoms with Crippen molar-refractivity contribution in [3.8, 4) is 11.4 Å². The van der Waals surface area contributed by atoms with E-state index in [1.165, 1.54) is 0 Å². The SMILES string of the molecule is CC(CN)CCc1nc(-c2cccnc2)no1. The molecule has 1 atom stereocenters. The molecule has 0 saturated carbocycles. The number of nitrogens with two attached hydrogens (primary N) is 1. The van der Waals surface area contributed by atoms with Crippen LogP contribution in [0, 0.1) is 5.92 Å². The molecule has 17 heavy (non-hydrogen) atoms. The standard InChI is InChI=1S/C12H16N4O/c1-9(7-13)4-5-11-15-12(16-17-11)10-3-2-6-14-8-10/h2-3,6,8-9H,4-5,7,13H2,1H3. The van der Waals surface area contributed by atoms with E-state index >= 15 is 0 Å². The van der Waals surface area contributed by atoms with Gasteiger partial charge in [0.2, 0.25) is 11.7 Å². The Morgan fingerprint density at radius 3 is 3.06 bits per heavy atom. The van der Waals surface area contributed by atoms with Crippen LogP contribution in [0.25, 0.3) is 11.4 Å². The highest BCUT2D eigenvalue weighted by molar-refractivity contribution is 5.51. The molecular formula is C12H16N4O. The van der Waals surface area contributed by atoms with Crippen LogP contribution in [0.5, 0.6) is 0 Å². The molecular weight excluding hydrogens is 216 g/mol. The summed E-state index contributed by atoms with van der Waals surface area (Å²) >= 11 is 0. The van der Waals surface area contributed by atoms with Crippen molar-refractivity contribution < 1.29 is 4.52 Å². The lowest BCUT2D eigenvalue weighted by atomic mass is 10.1. The highest BCUT2D eigenvalue weighted by Gasteiger charge is 2.09. The van der Waals surface area contributed by atoms with Crippen LogP contribution in [0.1, 0.15) is 19.2 Å². The summed E-state index contributed by atoms with van der Waals surface area (Å²) in [6.07, 6.45) is 5.17. The van der Waals surface area contributed by atoms with Gasteiger partial charge in [-0.1, -0.05) is 12.1 Å². The lowest BCUT2D eigenvalue weighted by Crippen LogP contribution is -2.11. The predicted octanol–water partition coefficient (Wildman–Crippen LogP) is 1.66. The summed E-state index contributed by atoms with van der Waals surface area (Å²) in [5.41, 5.74) is 6.43. The third-order valence-electron chi connectivity index (χ3n) is 2.64. The van der Waals surface area contributed by atoms with Gasteiger partial charge in [0.15, 0.2) is 0 Å². The molecule has 0 radical (unpaired) electrons. The molecule has 2 N–H and O–H groups in total. The summed E-state index contributed by atoms with van der Waals surface area (Å²) in [6, 6.07) is 3.76. The Morgan fingerprint density at radius 1 is 1.47 bits per heavy atom. The van der Waals surface area contributed by atoms with E-state index in [1.807, 2.05) is 12.1 Å². The monoisotopic (exact) mass is 232 g/mol. The maximum atomic E-state index is 5.56. The highest BCUT2D eigenvalue weighted by Crippen LogP contribution is 2.15. The first-order valence-corrected chi connectivity index (χ1v) is 5.72. The van der Waals surface area contributed by atoms with Gasteiger partial charge in [0.05, 0.1) is 0 Å². The van der Waals surface area contributed by atoms with Gasteiger partial charge in [0.1, 0.15) is 0 Å². The van der Waals surface area contributed by atoms with E-state index in [2.05, 4.69) is 22.0 Å². The molecule has 0 aliphatic carbocycles. The topological polar surface area (TPSA) is 77.8 Å². The third-order valence-corrected chi connectivity index (χ3v) is 2.64. The molecule has 2 aromatic heterocycles. The van der Waals surface area contributed by atoms with Crippen LogP contribution in [0.2, 0.25) is 0 Å². The predicted molar refractivity (Wildman–Crippen MR) is 64.1 cm³/mol. The van der Waals surface area contributed by atoms with Gasteiger partial charge in [-0.25, -0.2) is 0 Å².